The minimum absolute atomic E-state index is 0.138. The van der Waals surface area contributed by atoms with Crippen LogP contribution in [0.1, 0.15) is 34.6 Å². The van der Waals surface area contributed by atoms with E-state index >= 15 is 0 Å². The van der Waals surface area contributed by atoms with Crippen molar-refractivity contribution in [2.24, 2.45) is 11.1 Å². The maximum absolute atomic E-state index is 12.3. The van der Waals surface area contributed by atoms with Crippen LogP contribution in [-0.4, -0.2) is 40.7 Å². The van der Waals surface area contributed by atoms with Crippen molar-refractivity contribution in [2.75, 3.05) is 6.54 Å². The van der Waals surface area contributed by atoms with Gasteiger partial charge in [0, 0.05) is 0 Å². The molecule has 0 aliphatic carbocycles. The predicted octanol–water partition coefficient (Wildman–Crippen LogP) is -0.377. The Balaban J connectivity index is 3.03. The van der Waals surface area contributed by atoms with Crippen LogP contribution in [-0.2, 0) is 14.4 Å². The Labute approximate surface area is 107 Å². The lowest BCUT2D eigenvalue weighted by Gasteiger charge is -2.42. The first-order chi connectivity index (χ1) is 7.98. The van der Waals surface area contributed by atoms with E-state index in [4.69, 9.17) is 5.73 Å². The molecule has 6 nitrogen and oxygen atoms in total. The van der Waals surface area contributed by atoms with E-state index in [1.54, 1.807) is 13.8 Å². The number of nitrogens with one attached hydrogen (secondary N) is 1. The Morgan fingerprint density at radius 3 is 2.33 bits per heavy atom. The van der Waals surface area contributed by atoms with Crippen molar-refractivity contribution in [1.29, 1.82) is 0 Å². The second kappa shape index (κ2) is 4.35. The fourth-order valence-corrected chi connectivity index (χ4v) is 1.67. The summed E-state index contributed by atoms with van der Waals surface area (Å²) in [6.07, 6.45) is 0. The normalized spacial score (nSPS) is 21.6. The van der Waals surface area contributed by atoms with E-state index < -0.39 is 28.8 Å². The highest BCUT2D eigenvalue weighted by molar-refractivity contribution is 6.06. The molecule has 1 fully saturated rings. The zero-order valence-corrected chi connectivity index (χ0v) is 11.5. The molecular formula is C12H21N3O3. The largest absolute Gasteiger partial charge is 0.319 e. The Kier molecular flexibility index (Phi) is 3.53. The average Bonchev–Trinajstić information content (AvgIpc) is 2.20. The number of carbonyl (C=O) groups excluding carboxylic acids is 3. The second-order valence-electron chi connectivity index (χ2n) is 6.20. The second-order valence-corrected chi connectivity index (χ2v) is 6.20. The van der Waals surface area contributed by atoms with Gasteiger partial charge in [-0.25, -0.2) is 0 Å². The standard InChI is InChI=1S/C12H21N3O3/c1-11(2,3)8(13)9(17)15-6-7(16)14-10(18)12(15,4)5/h8H,6,13H2,1-5H3,(H,14,16,18). The van der Waals surface area contributed by atoms with Crippen molar-refractivity contribution < 1.29 is 14.4 Å². The number of nitrogens with two attached hydrogens (primary N) is 1. The third kappa shape index (κ3) is 2.53. The molecule has 0 aromatic carbocycles. The van der Waals surface area contributed by atoms with Gasteiger partial charge < -0.3 is 10.6 Å². The van der Waals surface area contributed by atoms with E-state index in [0.29, 0.717) is 0 Å². The fraction of sp³-hybridized carbons (Fsp3) is 0.750. The zero-order valence-electron chi connectivity index (χ0n) is 11.5. The summed E-state index contributed by atoms with van der Waals surface area (Å²) in [6.45, 7) is 8.59. The number of carbonyl (C=O) groups is 3. The van der Waals surface area contributed by atoms with Crippen molar-refractivity contribution in [2.45, 2.75) is 46.2 Å². The lowest BCUT2D eigenvalue weighted by molar-refractivity contribution is -0.157. The van der Waals surface area contributed by atoms with Crippen LogP contribution < -0.4 is 11.1 Å². The van der Waals surface area contributed by atoms with Crippen LogP contribution in [0.15, 0.2) is 0 Å². The summed E-state index contributed by atoms with van der Waals surface area (Å²) in [5, 5.41) is 2.22. The first-order valence-electron chi connectivity index (χ1n) is 5.89. The maximum atomic E-state index is 12.3. The van der Waals surface area contributed by atoms with Crippen LogP contribution >= 0.6 is 0 Å². The van der Waals surface area contributed by atoms with Crippen molar-refractivity contribution >= 4 is 17.7 Å². The van der Waals surface area contributed by atoms with Gasteiger partial charge in [-0.3, -0.25) is 19.7 Å². The van der Waals surface area contributed by atoms with E-state index in [-0.39, 0.29) is 12.5 Å². The number of hydrogen-bond donors (Lipinski definition) is 2. The van der Waals surface area contributed by atoms with Crippen LogP contribution in [0.4, 0.5) is 0 Å². The summed E-state index contributed by atoms with van der Waals surface area (Å²) < 4.78 is 0. The number of piperazine rings is 1. The molecule has 1 aliphatic rings. The van der Waals surface area contributed by atoms with Crippen LogP contribution in [0.2, 0.25) is 0 Å². The minimum atomic E-state index is -1.06. The SMILES string of the molecule is CC(C)(C)C(N)C(=O)N1CC(=O)NC(=O)C1(C)C. The highest BCUT2D eigenvalue weighted by Gasteiger charge is 2.46. The van der Waals surface area contributed by atoms with E-state index in [1.165, 1.54) is 4.90 Å². The Hall–Kier alpha value is -1.43. The maximum Gasteiger partial charge on any atom is 0.252 e. The van der Waals surface area contributed by atoms with E-state index in [1.807, 2.05) is 20.8 Å². The van der Waals surface area contributed by atoms with Gasteiger partial charge in [-0.15, -0.1) is 0 Å². The van der Waals surface area contributed by atoms with Gasteiger partial charge in [0.1, 0.15) is 12.1 Å². The molecular weight excluding hydrogens is 234 g/mol. The van der Waals surface area contributed by atoms with Gasteiger partial charge in [0.15, 0.2) is 0 Å². The van der Waals surface area contributed by atoms with Gasteiger partial charge in [-0.2, -0.15) is 0 Å². The molecule has 1 saturated heterocycles. The molecule has 0 spiro atoms. The number of rotatable bonds is 1. The minimum Gasteiger partial charge on any atom is -0.319 e. The molecule has 102 valence electrons. The summed E-state index contributed by atoms with van der Waals surface area (Å²) in [5.74, 6) is -1.34. The fourth-order valence-electron chi connectivity index (χ4n) is 1.67. The van der Waals surface area contributed by atoms with Crippen LogP contribution in [0.25, 0.3) is 0 Å². The summed E-state index contributed by atoms with van der Waals surface area (Å²) in [5.41, 5.74) is 4.41. The topological polar surface area (TPSA) is 92.5 Å². The number of nitrogens with zero attached hydrogens (tertiary/aromatic N) is 1. The molecule has 1 rings (SSSR count). The zero-order chi connectivity index (χ0) is 14.3. The smallest absolute Gasteiger partial charge is 0.252 e. The van der Waals surface area contributed by atoms with Gasteiger partial charge in [-0.1, -0.05) is 20.8 Å². The number of amides is 3. The van der Waals surface area contributed by atoms with Crippen molar-refractivity contribution in [3.63, 3.8) is 0 Å². The summed E-state index contributed by atoms with van der Waals surface area (Å²) in [4.78, 5) is 36.7. The summed E-state index contributed by atoms with van der Waals surface area (Å²) >= 11 is 0. The van der Waals surface area contributed by atoms with Gasteiger partial charge in [0.2, 0.25) is 11.8 Å². The molecule has 3 amide bonds. The molecule has 0 bridgehead atoms. The molecule has 0 radical (unpaired) electrons. The highest BCUT2D eigenvalue weighted by atomic mass is 16.2. The Morgan fingerprint density at radius 1 is 1.39 bits per heavy atom. The highest BCUT2D eigenvalue weighted by Crippen LogP contribution is 2.24. The van der Waals surface area contributed by atoms with E-state index in [0.717, 1.165) is 0 Å². The van der Waals surface area contributed by atoms with Gasteiger partial charge >= 0.3 is 0 Å². The van der Waals surface area contributed by atoms with E-state index in [2.05, 4.69) is 5.32 Å². The molecule has 18 heavy (non-hydrogen) atoms. The first-order valence-corrected chi connectivity index (χ1v) is 5.89. The average molecular weight is 255 g/mol. The molecule has 1 atom stereocenters. The molecule has 0 aromatic heterocycles. The van der Waals surface area contributed by atoms with Crippen molar-refractivity contribution in [3.8, 4) is 0 Å². The molecule has 3 N–H and O–H groups in total. The summed E-state index contributed by atoms with van der Waals surface area (Å²) in [6, 6.07) is -0.754. The van der Waals surface area contributed by atoms with E-state index in [9.17, 15) is 14.4 Å². The number of hydrogen-bond acceptors (Lipinski definition) is 4. The molecule has 1 unspecified atom stereocenters. The first kappa shape index (κ1) is 14.6. The van der Waals surface area contributed by atoms with Gasteiger partial charge in [0.05, 0.1) is 6.04 Å². The lowest BCUT2D eigenvalue weighted by atomic mass is 9.85. The molecule has 0 saturated carbocycles. The monoisotopic (exact) mass is 255 g/mol. The quantitative estimate of drug-likeness (QED) is 0.625. The lowest BCUT2D eigenvalue weighted by Crippen LogP contribution is -2.68. The summed E-state index contributed by atoms with van der Waals surface area (Å²) in [7, 11) is 0. The number of imide groups is 1. The predicted molar refractivity (Wildman–Crippen MR) is 66.4 cm³/mol. The molecule has 0 aromatic rings. The van der Waals surface area contributed by atoms with Crippen LogP contribution in [0.3, 0.4) is 0 Å². The Morgan fingerprint density at radius 2 is 1.89 bits per heavy atom. The molecule has 1 heterocycles. The third-order valence-corrected chi connectivity index (χ3v) is 3.25. The third-order valence-electron chi connectivity index (χ3n) is 3.25. The van der Waals surface area contributed by atoms with Gasteiger partial charge in [0.25, 0.3) is 5.91 Å². The van der Waals surface area contributed by atoms with Crippen LogP contribution in [0.5, 0.6) is 0 Å². The molecule has 6 heteroatoms. The molecule has 1 aliphatic heterocycles. The van der Waals surface area contributed by atoms with Crippen molar-refractivity contribution in [1.82, 2.24) is 10.2 Å². The van der Waals surface area contributed by atoms with Gasteiger partial charge in [-0.05, 0) is 19.3 Å². The van der Waals surface area contributed by atoms with Crippen molar-refractivity contribution in [3.05, 3.63) is 0 Å². The van der Waals surface area contributed by atoms with Crippen LogP contribution in [0, 0.1) is 5.41 Å². The Bertz CT molecular complexity index is 396.